The van der Waals surface area contributed by atoms with Gasteiger partial charge in [0.05, 0.1) is 6.10 Å². The summed E-state index contributed by atoms with van der Waals surface area (Å²) in [5.41, 5.74) is 2.21. The second kappa shape index (κ2) is 8.41. The van der Waals surface area contributed by atoms with Gasteiger partial charge in [0.15, 0.2) is 0 Å². The third kappa shape index (κ3) is 4.77. The third-order valence-electron chi connectivity index (χ3n) is 4.90. The molecule has 0 amide bonds. The van der Waals surface area contributed by atoms with Crippen molar-refractivity contribution in [2.24, 2.45) is 5.92 Å². The second-order valence-electron chi connectivity index (χ2n) is 6.56. The monoisotopic (exact) mass is 439 g/mol. The van der Waals surface area contributed by atoms with Crippen LogP contribution in [0.5, 0.6) is 0 Å². The number of benzene rings is 2. The highest BCUT2D eigenvalue weighted by atomic mass is 127. The van der Waals surface area contributed by atoms with Crippen LogP contribution in [0.4, 0.5) is 4.39 Å². The molecule has 0 saturated carbocycles. The molecule has 1 heterocycles. The molecule has 128 valence electrons. The maximum atomic E-state index is 13.0. The fourth-order valence-corrected chi connectivity index (χ4v) is 4.01. The Balaban J connectivity index is 1.47. The van der Waals surface area contributed by atoms with E-state index < -0.39 is 6.10 Å². The first-order valence-corrected chi connectivity index (χ1v) is 9.60. The van der Waals surface area contributed by atoms with Crippen LogP contribution in [0.3, 0.4) is 0 Å². The summed E-state index contributed by atoms with van der Waals surface area (Å²) < 4.78 is 14.3. The SMILES string of the molecule is O[C@@H](c1ccc(F)cc1)C1CCN(CCc2cccc(I)c2)CC1. The molecule has 0 bridgehead atoms. The van der Waals surface area contributed by atoms with E-state index in [1.807, 2.05) is 0 Å². The van der Waals surface area contributed by atoms with Gasteiger partial charge >= 0.3 is 0 Å². The summed E-state index contributed by atoms with van der Waals surface area (Å²) >= 11 is 2.35. The molecule has 3 rings (SSSR count). The van der Waals surface area contributed by atoms with Crippen molar-refractivity contribution in [3.63, 3.8) is 0 Å². The Labute approximate surface area is 156 Å². The van der Waals surface area contributed by atoms with E-state index in [0.717, 1.165) is 44.5 Å². The fraction of sp³-hybridized carbons (Fsp3) is 0.400. The summed E-state index contributed by atoms with van der Waals surface area (Å²) in [6.45, 7) is 3.11. The number of aliphatic hydroxyl groups excluding tert-OH is 1. The molecule has 1 atom stereocenters. The number of rotatable bonds is 5. The van der Waals surface area contributed by atoms with Crippen LogP contribution < -0.4 is 0 Å². The van der Waals surface area contributed by atoms with Crippen LogP contribution in [-0.4, -0.2) is 29.6 Å². The van der Waals surface area contributed by atoms with E-state index in [1.54, 1.807) is 12.1 Å². The van der Waals surface area contributed by atoms with Crippen LogP contribution in [0.2, 0.25) is 0 Å². The second-order valence-corrected chi connectivity index (χ2v) is 7.80. The van der Waals surface area contributed by atoms with E-state index in [-0.39, 0.29) is 11.7 Å². The Morgan fingerprint density at radius 3 is 2.50 bits per heavy atom. The number of piperidine rings is 1. The highest BCUT2D eigenvalue weighted by Crippen LogP contribution is 2.30. The van der Waals surface area contributed by atoms with E-state index in [2.05, 4.69) is 51.8 Å². The largest absolute Gasteiger partial charge is 0.388 e. The summed E-state index contributed by atoms with van der Waals surface area (Å²) in [6, 6.07) is 14.9. The standard InChI is InChI=1S/C20H23FINO/c21-18-6-4-16(5-7-18)20(24)17-9-12-23(13-10-17)11-8-15-2-1-3-19(22)14-15/h1-7,14,17,20,24H,8-13H2/t20-/m0/s1. The number of halogens is 2. The molecule has 2 aromatic carbocycles. The summed E-state index contributed by atoms with van der Waals surface area (Å²) in [5, 5.41) is 10.5. The molecule has 0 aliphatic carbocycles. The molecule has 24 heavy (non-hydrogen) atoms. The highest BCUT2D eigenvalue weighted by Gasteiger charge is 2.26. The molecule has 0 radical (unpaired) electrons. The van der Waals surface area contributed by atoms with Crippen molar-refractivity contribution in [3.05, 3.63) is 69.0 Å². The highest BCUT2D eigenvalue weighted by molar-refractivity contribution is 14.1. The van der Waals surface area contributed by atoms with Gasteiger partial charge in [-0.3, -0.25) is 0 Å². The molecule has 0 unspecified atom stereocenters. The average Bonchev–Trinajstić information content (AvgIpc) is 2.61. The van der Waals surface area contributed by atoms with Crippen LogP contribution in [0.1, 0.15) is 30.1 Å². The van der Waals surface area contributed by atoms with Gasteiger partial charge in [0.1, 0.15) is 5.82 Å². The molecule has 2 aromatic rings. The molecule has 1 fully saturated rings. The van der Waals surface area contributed by atoms with E-state index in [1.165, 1.54) is 21.3 Å². The van der Waals surface area contributed by atoms with Crippen LogP contribution in [0.25, 0.3) is 0 Å². The summed E-state index contributed by atoms with van der Waals surface area (Å²) in [6.07, 6.45) is 2.57. The number of nitrogens with zero attached hydrogens (tertiary/aromatic N) is 1. The predicted octanol–water partition coefficient (Wildman–Crippen LogP) is 4.42. The van der Waals surface area contributed by atoms with Gasteiger partial charge in [0, 0.05) is 10.1 Å². The van der Waals surface area contributed by atoms with Crippen molar-refractivity contribution in [2.45, 2.75) is 25.4 Å². The van der Waals surface area contributed by atoms with Crippen LogP contribution in [0.15, 0.2) is 48.5 Å². The molecule has 1 aliphatic rings. The van der Waals surface area contributed by atoms with Crippen LogP contribution in [-0.2, 0) is 6.42 Å². The normalized spacial score (nSPS) is 17.8. The third-order valence-corrected chi connectivity index (χ3v) is 5.57. The maximum absolute atomic E-state index is 13.0. The van der Waals surface area contributed by atoms with Gasteiger partial charge in [-0.2, -0.15) is 0 Å². The molecule has 0 aromatic heterocycles. The van der Waals surface area contributed by atoms with Crippen molar-refractivity contribution < 1.29 is 9.50 Å². The quantitative estimate of drug-likeness (QED) is 0.698. The average molecular weight is 439 g/mol. The first-order chi connectivity index (χ1) is 11.6. The Kier molecular flexibility index (Phi) is 6.25. The maximum Gasteiger partial charge on any atom is 0.123 e. The molecule has 2 nitrogen and oxygen atoms in total. The van der Waals surface area contributed by atoms with Gasteiger partial charge in [0.25, 0.3) is 0 Å². The van der Waals surface area contributed by atoms with E-state index in [9.17, 15) is 9.50 Å². The molecular weight excluding hydrogens is 416 g/mol. The van der Waals surface area contributed by atoms with Crippen molar-refractivity contribution in [2.75, 3.05) is 19.6 Å². The minimum Gasteiger partial charge on any atom is -0.388 e. The molecule has 4 heteroatoms. The zero-order chi connectivity index (χ0) is 16.9. The topological polar surface area (TPSA) is 23.5 Å². The van der Waals surface area contributed by atoms with Crippen LogP contribution >= 0.6 is 22.6 Å². The van der Waals surface area contributed by atoms with E-state index >= 15 is 0 Å². The Bertz CT molecular complexity index is 653. The van der Waals surface area contributed by atoms with Gasteiger partial charge in [-0.15, -0.1) is 0 Å². The smallest absolute Gasteiger partial charge is 0.123 e. The Morgan fingerprint density at radius 2 is 1.83 bits per heavy atom. The fourth-order valence-electron chi connectivity index (χ4n) is 3.40. The lowest BCUT2D eigenvalue weighted by Crippen LogP contribution is -2.36. The number of aliphatic hydroxyl groups is 1. The number of hydrogen-bond donors (Lipinski definition) is 1. The van der Waals surface area contributed by atoms with Gasteiger partial charge in [0.2, 0.25) is 0 Å². The molecular formula is C20H23FINO. The molecule has 1 aliphatic heterocycles. The lowest BCUT2D eigenvalue weighted by molar-refractivity contribution is 0.0592. The number of hydrogen-bond acceptors (Lipinski definition) is 2. The van der Waals surface area contributed by atoms with Crippen molar-refractivity contribution in [3.8, 4) is 0 Å². The molecule has 1 saturated heterocycles. The molecule has 1 N–H and O–H groups in total. The minimum atomic E-state index is -0.483. The number of likely N-dealkylation sites (tertiary alicyclic amines) is 1. The van der Waals surface area contributed by atoms with Crippen molar-refractivity contribution in [1.82, 2.24) is 4.90 Å². The lowest BCUT2D eigenvalue weighted by Gasteiger charge is -2.34. The minimum absolute atomic E-state index is 0.253. The van der Waals surface area contributed by atoms with E-state index in [0.29, 0.717) is 0 Å². The summed E-state index contributed by atoms with van der Waals surface area (Å²) in [4.78, 5) is 2.48. The molecule has 0 spiro atoms. The van der Waals surface area contributed by atoms with Gasteiger partial charge in [-0.05, 0) is 96.3 Å². The van der Waals surface area contributed by atoms with Gasteiger partial charge in [-0.25, -0.2) is 4.39 Å². The van der Waals surface area contributed by atoms with Crippen molar-refractivity contribution >= 4 is 22.6 Å². The Morgan fingerprint density at radius 1 is 1.12 bits per heavy atom. The van der Waals surface area contributed by atoms with Gasteiger partial charge in [-0.1, -0.05) is 24.3 Å². The lowest BCUT2D eigenvalue weighted by atomic mass is 9.87. The predicted molar refractivity (Wildman–Crippen MR) is 103 cm³/mol. The first-order valence-electron chi connectivity index (χ1n) is 8.52. The Hall–Kier alpha value is -0.980. The van der Waals surface area contributed by atoms with Gasteiger partial charge < -0.3 is 10.0 Å². The summed E-state index contributed by atoms with van der Waals surface area (Å²) in [5.74, 6) is 0.0146. The summed E-state index contributed by atoms with van der Waals surface area (Å²) in [7, 11) is 0. The van der Waals surface area contributed by atoms with Crippen molar-refractivity contribution in [1.29, 1.82) is 0 Å². The zero-order valence-electron chi connectivity index (χ0n) is 13.7. The van der Waals surface area contributed by atoms with E-state index in [4.69, 9.17) is 0 Å². The first kappa shape index (κ1) is 17.8. The van der Waals surface area contributed by atoms with Crippen LogP contribution in [0, 0.1) is 15.3 Å². The zero-order valence-corrected chi connectivity index (χ0v) is 15.8.